The summed E-state index contributed by atoms with van der Waals surface area (Å²) in [6.45, 7) is 2.27. The molecule has 1 fully saturated rings. The lowest BCUT2D eigenvalue weighted by molar-refractivity contribution is -0.00949. The smallest absolute Gasteiger partial charge is 0.139 e. The Morgan fingerprint density at radius 1 is 1.50 bits per heavy atom. The molecule has 0 bridgehead atoms. The van der Waals surface area contributed by atoms with Crippen LogP contribution in [0.25, 0.3) is 21.3 Å². The molecular weight excluding hydrogens is 324 g/mol. The molecule has 7 heteroatoms. The molecule has 1 N–H and O–H groups in total. The number of thiophene rings is 1. The Kier molecular flexibility index (Phi) is 3.96. The van der Waals surface area contributed by atoms with Gasteiger partial charge in [0.2, 0.25) is 0 Å². The number of pyridine rings is 1. The summed E-state index contributed by atoms with van der Waals surface area (Å²) in [7, 11) is 0. The van der Waals surface area contributed by atoms with Crippen LogP contribution in [0.15, 0.2) is 17.6 Å². The predicted molar refractivity (Wildman–Crippen MR) is 91.8 cm³/mol. The van der Waals surface area contributed by atoms with Gasteiger partial charge >= 0.3 is 0 Å². The summed E-state index contributed by atoms with van der Waals surface area (Å²) in [5.74, 6) is 0.653. The Bertz CT molecular complexity index is 916. The Labute approximate surface area is 143 Å². The molecule has 0 radical (unpaired) electrons. The molecule has 0 spiro atoms. The van der Waals surface area contributed by atoms with Gasteiger partial charge in [-0.2, -0.15) is 5.26 Å². The molecule has 1 saturated heterocycles. The number of aromatic nitrogens is 3. The van der Waals surface area contributed by atoms with Crippen molar-refractivity contribution in [2.75, 3.05) is 6.61 Å². The second kappa shape index (κ2) is 6.13. The molecule has 0 amide bonds. The number of aliphatic hydroxyl groups is 1. The van der Waals surface area contributed by atoms with E-state index in [1.807, 2.05) is 11.4 Å². The van der Waals surface area contributed by atoms with Crippen LogP contribution < -0.4 is 0 Å². The average molecular weight is 342 g/mol. The van der Waals surface area contributed by atoms with Gasteiger partial charge in [-0.15, -0.1) is 11.3 Å². The van der Waals surface area contributed by atoms with Crippen LogP contribution in [0.3, 0.4) is 0 Å². The molecule has 3 atom stereocenters. The van der Waals surface area contributed by atoms with Crippen molar-refractivity contribution in [3.63, 3.8) is 0 Å². The normalized spacial score (nSPS) is 22.7. The van der Waals surface area contributed by atoms with Crippen molar-refractivity contribution < 1.29 is 9.84 Å². The molecule has 24 heavy (non-hydrogen) atoms. The van der Waals surface area contributed by atoms with Gasteiger partial charge in [-0.1, -0.05) is 0 Å². The maximum atomic E-state index is 10.2. The van der Waals surface area contributed by atoms with Gasteiger partial charge in [0.25, 0.3) is 0 Å². The molecule has 0 aromatic carbocycles. The molecule has 6 nitrogen and oxygen atoms in total. The minimum absolute atomic E-state index is 0.0134. The first-order chi connectivity index (χ1) is 11.7. The maximum absolute atomic E-state index is 10.2. The Morgan fingerprint density at radius 2 is 2.38 bits per heavy atom. The van der Waals surface area contributed by atoms with E-state index in [1.165, 1.54) is 0 Å². The zero-order chi connectivity index (χ0) is 16.7. The van der Waals surface area contributed by atoms with Crippen LogP contribution in [0.2, 0.25) is 0 Å². The van der Waals surface area contributed by atoms with Gasteiger partial charge in [0.05, 0.1) is 53.2 Å². The quantitative estimate of drug-likeness (QED) is 0.789. The number of nitrogens with zero attached hydrogens (tertiary/aromatic N) is 4. The number of ether oxygens (including phenoxy) is 1. The standard InChI is InChI=1S/C17H18N4O2S/c1-10(22)17-20-14-8-19-13-5-7-24-16(13)15(14)21(17)11-2-3-12(4-6-18)23-9-11/h5,7-8,10-12,22H,2-4,9H2,1H3/t10?,11?,12-/m0/s1. The molecule has 3 aromatic heterocycles. The SMILES string of the molecule is CC(O)c1nc2cnc3ccsc3c2n1C1CC[C@@H](CC#N)OC1. The molecule has 3 aromatic rings. The van der Waals surface area contributed by atoms with Crippen molar-refractivity contribution in [2.45, 2.75) is 44.4 Å². The topological polar surface area (TPSA) is 84.0 Å². The number of fused-ring (bicyclic) bond motifs is 3. The van der Waals surface area contributed by atoms with Crippen LogP contribution in [0.1, 0.15) is 44.2 Å². The summed E-state index contributed by atoms with van der Waals surface area (Å²) in [5.41, 5.74) is 2.78. The van der Waals surface area contributed by atoms with Crippen LogP contribution in [-0.2, 0) is 4.74 Å². The molecule has 0 saturated carbocycles. The van der Waals surface area contributed by atoms with Gasteiger partial charge in [0.15, 0.2) is 0 Å². The van der Waals surface area contributed by atoms with Crippen LogP contribution in [-0.4, -0.2) is 32.4 Å². The van der Waals surface area contributed by atoms with E-state index in [-0.39, 0.29) is 12.1 Å². The number of nitriles is 1. The molecule has 0 aliphatic carbocycles. The van der Waals surface area contributed by atoms with Crippen molar-refractivity contribution in [2.24, 2.45) is 0 Å². The van der Waals surface area contributed by atoms with E-state index >= 15 is 0 Å². The number of imidazole rings is 1. The lowest BCUT2D eigenvalue weighted by atomic mass is 10.0. The van der Waals surface area contributed by atoms with E-state index in [1.54, 1.807) is 24.5 Å². The van der Waals surface area contributed by atoms with Gasteiger partial charge < -0.3 is 14.4 Å². The highest BCUT2D eigenvalue weighted by Gasteiger charge is 2.28. The van der Waals surface area contributed by atoms with Gasteiger partial charge in [0.1, 0.15) is 17.4 Å². The number of rotatable bonds is 3. The fourth-order valence-electron chi connectivity index (χ4n) is 3.42. The fourth-order valence-corrected chi connectivity index (χ4v) is 4.31. The average Bonchev–Trinajstić information content (AvgIpc) is 3.19. The minimum atomic E-state index is -0.663. The van der Waals surface area contributed by atoms with E-state index < -0.39 is 6.10 Å². The van der Waals surface area contributed by atoms with Crippen molar-refractivity contribution in [1.29, 1.82) is 5.26 Å². The largest absolute Gasteiger partial charge is 0.385 e. The van der Waals surface area contributed by atoms with E-state index in [0.29, 0.717) is 18.9 Å². The van der Waals surface area contributed by atoms with Crippen LogP contribution in [0.5, 0.6) is 0 Å². The van der Waals surface area contributed by atoms with Gasteiger partial charge in [-0.3, -0.25) is 4.98 Å². The first kappa shape index (κ1) is 15.5. The first-order valence-electron chi connectivity index (χ1n) is 8.09. The number of aliphatic hydroxyl groups excluding tert-OH is 1. The summed E-state index contributed by atoms with van der Waals surface area (Å²) >= 11 is 1.64. The number of hydrogen-bond acceptors (Lipinski definition) is 6. The number of hydrogen-bond donors (Lipinski definition) is 1. The summed E-state index contributed by atoms with van der Waals surface area (Å²) in [6.07, 6.45) is 3.31. The lowest BCUT2D eigenvalue weighted by Crippen LogP contribution is -2.29. The zero-order valence-corrected chi connectivity index (χ0v) is 14.2. The van der Waals surface area contributed by atoms with Crippen LogP contribution >= 0.6 is 11.3 Å². The van der Waals surface area contributed by atoms with E-state index in [2.05, 4.69) is 20.6 Å². The zero-order valence-electron chi connectivity index (χ0n) is 13.3. The van der Waals surface area contributed by atoms with Gasteiger partial charge in [0, 0.05) is 0 Å². The third kappa shape index (κ3) is 2.47. The maximum Gasteiger partial charge on any atom is 0.139 e. The lowest BCUT2D eigenvalue weighted by Gasteiger charge is -2.30. The summed E-state index contributed by atoms with van der Waals surface area (Å²) in [6, 6.07) is 4.29. The van der Waals surface area contributed by atoms with Crippen molar-refractivity contribution in [1.82, 2.24) is 14.5 Å². The Balaban J connectivity index is 1.82. The molecule has 4 rings (SSSR count). The molecule has 2 unspecified atom stereocenters. The summed E-state index contributed by atoms with van der Waals surface area (Å²) < 4.78 is 9.08. The third-order valence-corrected chi connectivity index (χ3v) is 5.47. The Morgan fingerprint density at radius 3 is 3.08 bits per heavy atom. The monoisotopic (exact) mass is 342 g/mol. The van der Waals surface area contributed by atoms with Crippen molar-refractivity contribution in [3.05, 3.63) is 23.5 Å². The van der Waals surface area contributed by atoms with Gasteiger partial charge in [-0.25, -0.2) is 4.98 Å². The molecule has 1 aliphatic heterocycles. The molecule has 124 valence electrons. The second-order valence-corrected chi connectivity index (χ2v) is 7.11. The molecule has 4 heterocycles. The van der Waals surface area contributed by atoms with Crippen LogP contribution in [0.4, 0.5) is 0 Å². The van der Waals surface area contributed by atoms with E-state index in [9.17, 15) is 5.11 Å². The van der Waals surface area contributed by atoms with Crippen molar-refractivity contribution in [3.8, 4) is 6.07 Å². The molecule has 1 aliphatic rings. The Hall–Kier alpha value is -2.01. The molecular formula is C17H18N4O2S. The van der Waals surface area contributed by atoms with Gasteiger partial charge in [-0.05, 0) is 31.2 Å². The van der Waals surface area contributed by atoms with Crippen LogP contribution in [0, 0.1) is 11.3 Å². The van der Waals surface area contributed by atoms with Crippen molar-refractivity contribution >= 4 is 32.6 Å². The highest BCUT2D eigenvalue weighted by Crippen LogP contribution is 2.36. The van der Waals surface area contributed by atoms with E-state index in [0.717, 1.165) is 34.1 Å². The third-order valence-electron chi connectivity index (χ3n) is 4.55. The predicted octanol–water partition coefficient (Wildman–Crippen LogP) is 3.33. The van der Waals surface area contributed by atoms with E-state index in [4.69, 9.17) is 10.00 Å². The highest BCUT2D eigenvalue weighted by atomic mass is 32.1. The fraction of sp³-hybridized carbons (Fsp3) is 0.471. The first-order valence-corrected chi connectivity index (χ1v) is 8.97. The highest BCUT2D eigenvalue weighted by molar-refractivity contribution is 7.18. The minimum Gasteiger partial charge on any atom is -0.385 e. The second-order valence-electron chi connectivity index (χ2n) is 6.19. The summed E-state index contributed by atoms with van der Waals surface area (Å²) in [4.78, 5) is 9.07. The summed E-state index contributed by atoms with van der Waals surface area (Å²) in [5, 5.41) is 21.1.